The molecule has 0 saturated carbocycles. The van der Waals surface area contributed by atoms with Gasteiger partial charge in [0.15, 0.2) is 0 Å². The molecule has 2 aliphatic rings. The van der Waals surface area contributed by atoms with Crippen molar-refractivity contribution < 1.29 is 9.53 Å². The Kier molecular flexibility index (Phi) is 6.98. The van der Waals surface area contributed by atoms with Crippen molar-refractivity contribution >= 4 is 27.7 Å². The number of aromatic nitrogens is 1. The number of methoxy groups -OCH3 is 1. The van der Waals surface area contributed by atoms with Crippen molar-refractivity contribution in [2.75, 3.05) is 39.9 Å². The molecule has 0 spiro atoms. The zero-order valence-electron chi connectivity index (χ0n) is 19.9. The van der Waals surface area contributed by atoms with E-state index >= 15 is 0 Å². The Morgan fingerprint density at radius 2 is 1.67 bits per heavy atom. The number of amides is 1. The van der Waals surface area contributed by atoms with Gasteiger partial charge in [-0.05, 0) is 56.8 Å². The summed E-state index contributed by atoms with van der Waals surface area (Å²) < 4.78 is 7.69. The Bertz CT molecular complexity index is 1040. The number of fused-ring (bicyclic) bond motifs is 4. The van der Waals surface area contributed by atoms with Crippen LogP contribution < -0.4 is 0 Å². The van der Waals surface area contributed by atoms with Gasteiger partial charge in [0.2, 0.25) is 5.91 Å². The highest BCUT2D eigenvalue weighted by molar-refractivity contribution is 6.08. The lowest BCUT2D eigenvalue weighted by atomic mass is 9.83. The van der Waals surface area contributed by atoms with E-state index in [1.807, 2.05) is 0 Å². The third-order valence-electron chi connectivity index (χ3n) is 7.83. The number of benzene rings is 2. The number of ether oxygens (including phenoxy) is 1. The molecule has 3 aromatic rings. The molecule has 2 saturated heterocycles. The number of carbonyl (C=O) groups is 1. The van der Waals surface area contributed by atoms with Gasteiger partial charge in [0.1, 0.15) is 0 Å². The molecule has 2 atom stereocenters. The van der Waals surface area contributed by atoms with E-state index in [-0.39, 0.29) is 5.91 Å². The molecule has 33 heavy (non-hydrogen) atoms. The largest absolute Gasteiger partial charge is 0.383 e. The highest BCUT2D eigenvalue weighted by Crippen LogP contribution is 2.32. The van der Waals surface area contributed by atoms with E-state index in [0.29, 0.717) is 38.1 Å². The molecule has 1 amide bonds. The summed E-state index contributed by atoms with van der Waals surface area (Å²) >= 11 is 0. The molecular formula is C28H37N3O2. The summed E-state index contributed by atoms with van der Waals surface area (Å²) in [6.07, 6.45) is 6.97. The first-order chi connectivity index (χ1) is 16.3. The first-order valence-corrected chi connectivity index (χ1v) is 12.7. The van der Waals surface area contributed by atoms with Gasteiger partial charge in [0.05, 0.1) is 6.61 Å². The molecule has 5 heteroatoms. The van der Waals surface area contributed by atoms with E-state index in [1.54, 1.807) is 7.11 Å². The minimum atomic E-state index is 0.252. The third kappa shape index (κ3) is 4.67. The van der Waals surface area contributed by atoms with Crippen LogP contribution in [-0.4, -0.2) is 66.2 Å². The Hall–Kier alpha value is -2.37. The van der Waals surface area contributed by atoms with Crippen LogP contribution in [0, 0.1) is 5.92 Å². The second-order valence-corrected chi connectivity index (χ2v) is 9.77. The van der Waals surface area contributed by atoms with Gasteiger partial charge >= 0.3 is 0 Å². The number of rotatable bonds is 8. The minimum Gasteiger partial charge on any atom is -0.383 e. The van der Waals surface area contributed by atoms with Crippen LogP contribution in [0.3, 0.4) is 0 Å². The molecule has 0 aliphatic carbocycles. The molecule has 2 unspecified atom stereocenters. The van der Waals surface area contributed by atoms with Crippen molar-refractivity contribution in [3.8, 4) is 0 Å². The first kappa shape index (κ1) is 22.4. The number of hydrogen-bond donors (Lipinski definition) is 0. The molecule has 3 heterocycles. The minimum absolute atomic E-state index is 0.252. The zero-order valence-corrected chi connectivity index (χ0v) is 19.9. The smallest absolute Gasteiger partial charge is 0.224 e. The fourth-order valence-electron chi connectivity index (χ4n) is 6.20. The van der Waals surface area contributed by atoms with Crippen molar-refractivity contribution in [3.05, 3.63) is 48.5 Å². The van der Waals surface area contributed by atoms with Crippen molar-refractivity contribution in [2.45, 2.75) is 51.1 Å². The van der Waals surface area contributed by atoms with E-state index in [4.69, 9.17) is 4.74 Å². The lowest BCUT2D eigenvalue weighted by Gasteiger charge is -2.45. The maximum Gasteiger partial charge on any atom is 0.224 e. The molecule has 0 N–H and O–H groups in total. The van der Waals surface area contributed by atoms with Gasteiger partial charge in [-0.15, -0.1) is 0 Å². The van der Waals surface area contributed by atoms with Crippen LogP contribution in [0.5, 0.6) is 0 Å². The van der Waals surface area contributed by atoms with Crippen LogP contribution in [0.25, 0.3) is 21.8 Å². The zero-order chi connectivity index (χ0) is 22.6. The summed E-state index contributed by atoms with van der Waals surface area (Å²) in [5, 5.41) is 2.52. The highest BCUT2D eigenvalue weighted by atomic mass is 16.5. The van der Waals surface area contributed by atoms with Crippen molar-refractivity contribution in [1.29, 1.82) is 0 Å². The van der Waals surface area contributed by atoms with Gasteiger partial charge in [0, 0.05) is 61.0 Å². The van der Waals surface area contributed by atoms with E-state index in [0.717, 1.165) is 6.54 Å². The number of aryl methyl sites for hydroxylation is 1. The summed E-state index contributed by atoms with van der Waals surface area (Å²) in [6, 6.07) is 17.7. The monoisotopic (exact) mass is 447 g/mol. The fraction of sp³-hybridized carbons (Fsp3) is 0.536. The predicted octanol–water partition coefficient (Wildman–Crippen LogP) is 4.92. The van der Waals surface area contributed by atoms with Crippen molar-refractivity contribution in [3.63, 3.8) is 0 Å². The molecule has 2 fully saturated rings. The maximum absolute atomic E-state index is 13.5. The molecule has 0 radical (unpaired) electrons. The van der Waals surface area contributed by atoms with Crippen molar-refractivity contribution in [1.82, 2.24) is 14.4 Å². The molecule has 0 bridgehead atoms. The number of hydrogen-bond acceptors (Lipinski definition) is 3. The van der Waals surface area contributed by atoms with Crippen LogP contribution >= 0.6 is 0 Å². The molecule has 2 aliphatic heterocycles. The Morgan fingerprint density at radius 1 is 0.970 bits per heavy atom. The maximum atomic E-state index is 13.5. The SMILES string of the molecule is COCCN(CC1CCCN2CCCCC12)C(=O)CCn1c2ccccc2c2ccccc21. The number of para-hydroxylation sites is 2. The van der Waals surface area contributed by atoms with Gasteiger partial charge in [-0.1, -0.05) is 42.8 Å². The molecule has 176 valence electrons. The van der Waals surface area contributed by atoms with Crippen molar-refractivity contribution in [2.24, 2.45) is 5.92 Å². The number of piperidine rings is 2. The van der Waals surface area contributed by atoms with Gasteiger partial charge in [-0.3, -0.25) is 4.79 Å². The van der Waals surface area contributed by atoms with Crippen LogP contribution in [0.1, 0.15) is 38.5 Å². The van der Waals surface area contributed by atoms with Crippen LogP contribution in [0.4, 0.5) is 0 Å². The fourth-order valence-corrected chi connectivity index (χ4v) is 6.20. The second kappa shape index (κ2) is 10.3. The molecule has 5 rings (SSSR count). The Balaban J connectivity index is 1.32. The molecular weight excluding hydrogens is 410 g/mol. The lowest BCUT2D eigenvalue weighted by molar-refractivity contribution is -0.133. The predicted molar refractivity (Wildman–Crippen MR) is 134 cm³/mol. The second-order valence-electron chi connectivity index (χ2n) is 9.77. The van der Waals surface area contributed by atoms with E-state index in [2.05, 4.69) is 62.9 Å². The standard InChI is InChI=1S/C28H37N3O2/c1-33-20-19-30(21-22-9-8-17-29-16-7-6-12-25(22)29)28(32)15-18-31-26-13-4-2-10-23(26)24-11-3-5-14-27(24)31/h2-5,10-11,13-14,22,25H,6-9,12,15-21H2,1H3. The van der Waals surface area contributed by atoms with Gasteiger partial charge in [0.25, 0.3) is 0 Å². The van der Waals surface area contributed by atoms with Gasteiger partial charge < -0.3 is 19.1 Å². The Labute approximate surface area is 197 Å². The van der Waals surface area contributed by atoms with E-state index in [9.17, 15) is 4.79 Å². The summed E-state index contributed by atoms with van der Waals surface area (Å²) in [7, 11) is 1.73. The van der Waals surface area contributed by atoms with Gasteiger partial charge in [-0.25, -0.2) is 0 Å². The number of nitrogens with zero attached hydrogens (tertiary/aromatic N) is 3. The molecule has 2 aromatic carbocycles. The molecule has 1 aromatic heterocycles. The van der Waals surface area contributed by atoms with Crippen LogP contribution in [0.2, 0.25) is 0 Å². The lowest BCUT2D eigenvalue weighted by Crippen LogP contribution is -2.52. The average Bonchev–Trinajstić information content (AvgIpc) is 3.19. The third-order valence-corrected chi connectivity index (χ3v) is 7.83. The number of carbonyl (C=O) groups excluding carboxylic acids is 1. The highest BCUT2D eigenvalue weighted by Gasteiger charge is 2.34. The Morgan fingerprint density at radius 3 is 2.39 bits per heavy atom. The van der Waals surface area contributed by atoms with Crippen LogP contribution in [-0.2, 0) is 16.1 Å². The van der Waals surface area contributed by atoms with E-state index < -0.39 is 0 Å². The normalized spacial score (nSPS) is 21.4. The topological polar surface area (TPSA) is 37.7 Å². The summed E-state index contributed by atoms with van der Waals surface area (Å²) in [5.74, 6) is 0.843. The van der Waals surface area contributed by atoms with Crippen LogP contribution in [0.15, 0.2) is 48.5 Å². The quantitative estimate of drug-likeness (QED) is 0.492. The summed E-state index contributed by atoms with van der Waals surface area (Å²) in [4.78, 5) is 18.3. The first-order valence-electron chi connectivity index (χ1n) is 12.7. The van der Waals surface area contributed by atoms with Gasteiger partial charge in [-0.2, -0.15) is 0 Å². The summed E-state index contributed by atoms with van der Waals surface area (Å²) in [5.41, 5.74) is 2.42. The average molecular weight is 448 g/mol. The summed E-state index contributed by atoms with van der Waals surface area (Å²) in [6.45, 7) is 5.34. The van der Waals surface area contributed by atoms with E-state index in [1.165, 1.54) is 67.0 Å². The molecule has 5 nitrogen and oxygen atoms in total.